The van der Waals surface area contributed by atoms with Gasteiger partial charge < -0.3 is 4.90 Å². The zero-order chi connectivity index (χ0) is 21.7. The Hall–Kier alpha value is -2.40. The normalized spacial score (nSPS) is 17.9. The van der Waals surface area contributed by atoms with Gasteiger partial charge in [0.15, 0.2) is 5.69 Å². The topological polar surface area (TPSA) is 75.5 Å². The van der Waals surface area contributed by atoms with Crippen molar-refractivity contribution in [2.75, 3.05) is 19.6 Å². The summed E-state index contributed by atoms with van der Waals surface area (Å²) in [6.45, 7) is 1.06. The van der Waals surface area contributed by atoms with Gasteiger partial charge in [-0.3, -0.25) is 9.48 Å². The minimum atomic E-state index is -4.80. The largest absolute Gasteiger partial charge is 0.417 e. The summed E-state index contributed by atoms with van der Waals surface area (Å²) in [7, 11) is -2.74. The van der Waals surface area contributed by atoms with Crippen molar-refractivity contribution in [3.63, 3.8) is 0 Å². The molecule has 0 saturated carbocycles. The van der Waals surface area contributed by atoms with Crippen LogP contribution in [0.3, 0.4) is 0 Å². The third-order valence-electron chi connectivity index (χ3n) is 5.61. The van der Waals surface area contributed by atoms with E-state index in [0.717, 1.165) is 41.0 Å². The number of halogens is 3. The molecule has 4 rings (SSSR count). The van der Waals surface area contributed by atoms with Gasteiger partial charge in [-0.25, -0.2) is 8.42 Å². The third-order valence-corrected chi connectivity index (χ3v) is 7.52. The smallest absolute Gasteiger partial charge is 0.337 e. The summed E-state index contributed by atoms with van der Waals surface area (Å²) in [6, 6.07) is 4.15. The lowest BCUT2D eigenvalue weighted by atomic mass is 10.1. The molecule has 1 fully saturated rings. The number of benzene rings is 1. The van der Waals surface area contributed by atoms with Crippen LogP contribution in [0.25, 0.3) is 0 Å². The van der Waals surface area contributed by atoms with E-state index in [1.807, 2.05) is 0 Å². The fraction of sp³-hybridized carbons (Fsp3) is 0.474. The quantitative estimate of drug-likeness (QED) is 0.732. The van der Waals surface area contributed by atoms with Crippen molar-refractivity contribution in [1.82, 2.24) is 19.0 Å². The second-order valence-corrected chi connectivity index (χ2v) is 9.39. The van der Waals surface area contributed by atoms with Crippen molar-refractivity contribution in [2.24, 2.45) is 7.05 Å². The van der Waals surface area contributed by atoms with Crippen LogP contribution in [-0.4, -0.2) is 52.9 Å². The monoisotopic (exact) mass is 442 g/mol. The number of fused-ring (bicyclic) bond motifs is 1. The number of carbonyl (C=O) groups excluding carboxylic acids is 1. The maximum atomic E-state index is 13.4. The molecule has 2 aliphatic rings. The van der Waals surface area contributed by atoms with Gasteiger partial charge >= 0.3 is 6.18 Å². The maximum Gasteiger partial charge on any atom is 0.417 e. The first kappa shape index (κ1) is 20.9. The number of likely N-dealkylation sites (tertiary alicyclic amines) is 1. The molecule has 162 valence electrons. The van der Waals surface area contributed by atoms with Gasteiger partial charge in [0.05, 0.1) is 10.5 Å². The Morgan fingerprint density at radius 1 is 1.10 bits per heavy atom. The molecule has 3 heterocycles. The molecule has 1 aromatic heterocycles. The average Bonchev–Trinajstić information content (AvgIpc) is 3.35. The number of rotatable bonds is 3. The molecule has 0 bridgehead atoms. The molecule has 2 aromatic rings. The van der Waals surface area contributed by atoms with Gasteiger partial charge in [-0.2, -0.15) is 22.6 Å². The first-order valence-corrected chi connectivity index (χ1v) is 11.0. The summed E-state index contributed by atoms with van der Waals surface area (Å²) in [4.78, 5) is 13.8. The number of hydrogen-bond donors (Lipinski definition) is 0. The van der Waals surface area contributed by atoms with E-state index in [-0.39, 0.29) is 31.1 Å². The molecule has 0 aliphatic carbocycles. The van der Waals surface area contributed by atoms with Crippen LogP contribution in [0.1, 0.15) is 40.2 Å². The number of alkyl halides is 3. The molecule has 30 heavy (non-hydrogen) atoms. The molecule has 0 spiro atoms. The Balaban J connectivity index is 1.70. The van der Waals surface area contributed by atoms with E-state index in [0.29, 0.717) is 18.7 Å². The average molecular weight is 442 g/mol. The number of nitrogens with zero attached hydrogens (tertiary/aromatic N) is 4. The zero-order valence-corrected chi connectivity index (χ0v) is 17.1. The maximum absolute atomic E-state index is 13.4. The Labute approximate surface area is 172 Å². The van der Waals surface area contributed by atoms with Crippen LogP contribution in [0, 0.1) is 0 Å². The molecular formula is C19H21F3N4O3S. The minimum Gasteiger partial charge on any atom is -0.337 e. The molecule has 0 unspecified atom stereocenters. The first-order valence-electron chi connectivity index (χ1n) is 9.61. The van der Waals surface area contributed by atoms with Crippen molar-refractivity contribution >= 4 is 15.9 Å². The summed E-state index contributed by atoms with van der Waals surface area (Å²) in [6.07, 6.45) is -2.74. The van der Waals surface area contributed by atoms with Crippen LogP contribution < -0.4 is 0 Å². The molecule has 11 heteroatoms. The van der Waals surface area contributed by atoms with E-state index in [2.05, 4.69) is 5.10 Å². The summed E-state index contributed by atoms with van der Waals surface area (Å²) in [5.74, 6) is -0.265. The highest BCUT2D eigenvalue weighted by Gasteiger charge is 2.41. The highest BCUT2D eigenvalue weighted by atomic mass is 32.2. The van der Waals surface area contributed by atoms with Crippen LogP contribution >= 0.6 is 0 Å². The molecular weight excluding hydrogens is 421 g/mol. The molecule has 0 N–H and O–H groups in total. The van der Waals surface area contributed by atoms with Gasteiger partial charge in [0.2, 0.25) is 10.0 Å². The molecule has 2 aliphatic heterocycles. The van der Waals surface area contributed by atoms with E-state index in [1.165, 1.54) is 6.07 Å². The van der Waals surface area contributed by atoms with E-state index < -0.39 is 26.7 Å². The lowest BCUT2D eigenvalue weighted by Crippen LogP contribution is -2.38. The van der Waals surface area contributed by atoms with Crippen molar-refractivity contribution in [3.8, 4) is 0 Å². The van der Waals surface area contributed by atoms with Crippen LogP contribution in [0.2, 0.25) is 0 Å². The third kappa shape index (κ3) is 3.49. The summed E-state index contributed by atoms with van der Waals surface area (Å²) in [5, 5.41) is 4.31. The lowest BCUT2D eigenvalue weighted by Gasteiger charge is -2.28. The molecule has 0 radical (unpaired) electrons. The van der Waals surface area contributed by atoms with E-state index in [9.17, 15) is 26.4 Å². The predicted octanol–water partition coefficient (Wildman–Crippen LogP) is 2.42. The number of carbonyl (C=O) groups is 1. The molecule has 1 saturated heterocycles. The number of sulfonamides is 1. The van der Waals surface area contributed by atoms with Gasteiger partial charge in [-0.15, -0.1) is 0 Å². The number of aryl methyl sites for hydroxylation is 1. The summed E-state index contributed by atoms with van der Waals surface area (Å²) >= 11 is 0. The zero-order valence-electron chi connectivity index (χ0n) is 16.3. The van der Waals surface area contributed by atoms with E-state index >= 15 is 0 Å². The Morgan fingerprint density at radius 2 is 1.77 bits per heavy atom. The van der Waals surface area contributed by atoms with Crippen molar-refractivity contribution in [1.29, 1.82) is 0 Å². The second kappa shape index (κ2) is 7.38. The number of aromatic nitrogens is 2. The minimum absolute atomic E-state index is 0.0123. The second-order valence-electron chi connectivity index (χ2n) is 7.48. The van der Waals surface area contributed by atoms with Gasteiger partial charge in [0.1, 0.15) is 0 Å². The summed E-state index contributed by atoms with van der Waals surface area (Å²) in [5.41, 5.74) is 0.176. The number of hydrogen-bond acceptors (Lipinski definition) is 4. The van der Waals surface area contributed by atoms with Crippen LogP contribution in [0.5, 0.6) is 0 Å². The first-order chi connectivity index (χ1) is 14.1. The van der Waals surface area contributed by atoms with Gasteiger partial charge in [-0.05, 0) is 25.0 Å². The van der Waals surface area contributed by atoms with E-state index in [1.54, 1.807) is 16.6 Å². The highest BCUT2D eigenvalue weighted by Crippen LogP contribution is 2.36. The van der Waals surface area contributed by atoms with Crippen molar-refractivity contribution in [3.05, 3.63) is 46.8 Å². The van der Waals surface area contributed by atoms with Crippen molar-refractivity contribution < 1.29 is 26.4 Å². The Bertz CT molecular complexity index is 1090. The van der Waals surface area contributed by atoms with Gasteiger partial charge in [-0.1, -0.05) is 12.1 Å². The van der Waals surface area contributed by atoms with E-state index in [4.69, 9.17) is 0 Å². The highest BCUT2D eigenvalue weighted by molar-refractivity contribution is 7.89. The fourth-order valence-corrected chi connectivity index (χ4v) is 5.70. The van der Waals surface area contributed by atoms with Crippen molar-refractivity contribution in [2.45, 2.75) is 36.9 Å². The molecule has 1 aromatic carbocycles. The van der Waals surface area contributed by atoms with Gasteiger partial charge in [0, 0.05) is 50.9 Å². The molecule has 7 nitrogen and oxygen atoms in total. The SMILES string of the molecule is Cn1nc(C(=O)N2CCCC2)c2c1CCN(S(=O)(=O)c1ccccc1C(F)(F)F)C2. The lowest BCUT2D eigenvalue weighted by molar-refractivity contribution is -0.139. The molecule has 1 amide bonds. The standard InChI is InChI=1S/C19H21F3N4O3S/c1-24-15-8-11-26(12-13(15)17(23-24)18(27)25-9-4-5-10-25)30(28,29)16-7-3-2-6-14(16)19(20,21)22/h2-3,6-7H,4-5,8-12H2,1H3. The van der Waals surface area contributed by atoms with Crippen LogP contribution in [0.15, 0.2) is 29.2 Å². The van der Waals surface area contributed by atoms with Crippen LogP contribution in [0.4, 0.5) is 13.2 Å². The Morgan fingerprint density at radius 3 is 2.43 bits per heavy atom. The van der Waals surface area contributed by atoms with Gasteiger partial charge in [0.25, 0.3) is 5.91 Å². The predicted molar refractivity (Wildman–Crippen MR) is 101 cm³/mol. The summed E-state index contributed by atoms with van der Waals surface area (Å²) < 4.78 is 68.9. The fourth-order valence-electron chi connectivity index (χ4n) is 4.08. The molecule has 0 atom stereocenters. The number of amides is 1. The Kier molecular flexibility index (Phi) is 5.13. The van der Waals surface area contributed by atoms with Crippen LogP contribution in [-0.2, 0) is 36.2 Å².